The molecule has 4 heterocycles. The Labute approximate surface area is 148 Å². The molecule has 0 fully saturated rings. The molecule has 0 N–H and O–H groups in total. The zero-order chi connectivity index (χ0) is 17.0. The maximum absolute atomic E-state index is 6.20. The normalized spacial score (nSPS) is 11.9. The number of hydrogen-bond donors (Lipinski definition) is 0. The van der Waals surface area contributed by atoms with Crippen LogP contribution in [0.5, 0.6) is 0 Å². The number of fused-ring (bicyclic) bond motifs is 3. The van der Waals surface area contributed by atoms with Crippen molar-refractivity contribution in [2.45, 2.75) is 40.7 Å². The maximum atomic E-state index is 6.20. The Morgan fingerprint density at radius 1 is 1.17 bits per heavy atom. The highest BCUT2D eigenvalue weighted by atomic mass is 35.5. The first-order valence-corrected chi connectivity index (χ1v) is 8.94. The van der Waals surface area contributed by atoms with Gasteiger partial charge in [-0.3, -0.25) is 4.68 Å². The minimum atomic E-state index is 0.698. The van der Waals surface area contributed by atoms with E-state index in [1.807, 2.05) is 18.5 Å². The molecule has 0 bridgehead atoms. The van der Waals surface area contributed by atoms with Crippen LogP contribution in [-0.2, 0) is 13.0 Å². The Hall–Kier alpha value is -1.99. The average molecular weight is 361 g/mol. The molecule has 0 unspecified atom stereocenters. The van der Waals surface area contributed by atoms with Crippen LogP contribution in [0.4, 0.5) is 0 Å². The van der Waals surface area contributed by atoms with Gasteiger partial charge in [-0.15, -0.1) is 16.4 Å². The van der Waals surface area contributed by atoms with Gasteiger partial charge in [-0.2, -0.15) is 5.10 Å². The zero-order valence-electron chi connectivity index (χ0n) is 14.0. The van der Waals surface area contributed by atoms with Crippen LogP contribution in [0.2, 0.25) is 5.02 Å². The van der Waals surface area contributed by atoms with Gasteiger partial charge < -0.3 is 0 Å². The highest BCUT2D eigenvalue weighted by molar-refractivity contribution is 7.18. The molecule has 4 aromatic rings. The second-order valence-electron chi connectivity index (χ2n) is 5.96. The fourth-order valence-corrected chi connectivity index (χ4v) is 4.02. The summed E-state index contributed by atoms with van der Waals surface area (Å²) in [6.45, 7) is 8.82. The van der Waals surface area contributed by atoms with Crippen LogP contribution < -0.4 is 0 Å². The summed E-state index contributed by atoms with van der Waals surface area (Å²) < 4.78 is 3.68. The number of aryl methyl sites for hydroxylation is 5. The molecule has 124 valence electrons. The fraction of sp³-hybridized carbons (Fsp3) is 0.375. The Balaban J connectivity index is 1.70. The molecule has 0 aliphatic heterocycles. The van der Waals surface area contributed by atoms with Gasteiger partial charge >= 0.3 is 0 Å². The van der Waals surface area contributed by atoms with Gasteiger partial charge in [0.1, 0.15) is 11.2 Å². The summed E-state index contributed by atoms with van der Waals surface area (Å²) in [6, 6.07) is 0. The Morgan fingerprint density at radius 2 is 1.96 bits per heavy atom. The van der Waals surface area contributed by atoms with Gasteiger partial charge in [0.05, 0.1) is 21.8 Å². The minimum Gasteiger partial charge on any atom is -0.268 e. The minimum absolute atomic E-state index is 0.698. The van der Waals surface area contributed by atoms with E-state index in [2.05, 4.69) is 29.0 Å². The van der Waals surface area contributed by atoms with Crippen LogP contribution in [-0.4, -0.2) is 29.4 Å². The number of halogens is 1. The number of thiophene rings is 1. The molecule has 0 radical (unpaired) electrons. The third-order valence-electron chi connectivity index (χ3n) is 4.39. The highest BCUT2D eigenvalue weighted by Crippen LogP contribution is 2.30. The third-order valence-corrected chi connectivity index (χ3v) is 6.05. The molecule has 0 aliphatic rings. The molecule has 0 amide bonds. The summed E-state index contributed by atoms with van der Waals surface area (Å²) in [7, 11) is 0. The van der Waals surface area contributed by atoms with Crippen molar-refractivity contribution in [3.63, 3.8) is 0 Å². The van der Waals surface area contributed by atoms with E-state index in [1.54, 1.807) is 22.2 Å². The molecule has 0 saturated heterocycles. The molecule has 8 heteroatoms. The summed E-state index contributed by atoms with van der Waals surface area (Å²) in [5, 5.41) is 10.9. The van der Waals surface area contributed by atoms with Crippen molar-refractivity contribution in [1.29, 1.82) is 0 Å². The molecule has 6 nitrogen and oxygen atoms in total. The smallest absolute Gasteiger partial charge is 0.167 e. The van der Waals surface area contributed by atoms with Gasteiger partial charge in [0.2, 0.25) is 0 Å². The van der Waals surface area contributed by atoms with Crippen LogP contribution in [0.3, 0.4) is 0 Å². The first-order chi connectivity index (χ1) is 11.5. The van der Waals surface area contributed by atoms with Crippen molar-refractivity contribution >= 4 is 38.8 Å². The first kappa shape index (κ1) is 15.5. The Morgan fingerprint density at radius 3 is 2.67 bits per heavy atom. The van der Waals surface area contributed by atoms with E-state index in [0.29, 0.717) is 13.0 Å². The van der Waals surface area contributed by atoms with E-state index < -0.39 is 0 Å². The molecule has 4 rings (SSSR count). The molecule has 0 saturated carbocycles. The molecular weight excluding hydrogens is 344 g/mol. The van der Waals surface area contributed by atoms with Crippen LogP contribution in [0.1, 0.15) is 27.7 Å². The van der Waals surface area contributed by atoms with Crippen molar-refractivity contribution in [2.75, 3.05) is 0 Å². The summed E-state index contributed by atoms with van der Waals surface area (Å²) in [6.07, 6.45) is 2.44. The number of hydrogen-bond acceptors (Lipinski definition) is 5. The fourth-order valence-electron chi connectivity index (χ4n) is 2.89. The number of rotatable bonds is 3. The van der Waals surface area contributed by atoms with Crippen LogP contribution in [0.15, 0.2) is 6.33 Å². The summed E-state index contributed by atoms with van der Waals surface area (Å²) in [4.78, 5) is 11.5. The van der Waals surface area contributed by atoms with Gasteiger partial charge in [0, 0.05) is 17.8 Å². The average Bonchev–Trinajstić information content (AvgIpc) is 3.17. The summed E-state index contributed by atoms with van der Waals surface area (Å²) >= 11 is 7.90. The topological polar surface area (TPSA) is 60.9 Å². The number of nitrogens with zero attached hydrogens (tertiary/aromatic N) is 6. The van der Waals surface area contributed by atoms with E-state index in [-0.39, 0.29) is 0 Å². The van der Waals surface area contributed by atoms with E-state index >= 15 is 0 Å². The van der Waals surface area contributed by atoms with Gasteiger partial charge in [0.25, 0.3) is 0 Å². The van der Waals surface area contributed by atoms with Crippen molar-refractivity contribution in [3.8, 4) is 0 Å². The highest BCUT2D eigenvalue weighted by Gasteiger charge is 2.15. The summed E-state index contributed by atoms with van der Waals surface area (Å²) in [5.74, 6) is 0.788. The van der Waals surface area contributed by atoms with Crippen molar-refractivity contribution in [2.24, 2.45) is 0 Å². The second-order valence-corrected chi connectivity index (χ2v) is 7.54. The predicted octanol–water partition coefficient (Wildman–Crippen LogP) is 3.67. The lowest BCUT2D eigenvalue weighted by molar-refractivity contribution is 0.581. The lowest BCUT2D eigenvalue weighted by Gasteiger charge is -2.01. The second kappa shape index (κ2) is 5.53. The lowest BCUT2D eigenvalue weighted by atomic mass is 10.2. The molecule has 0 aromatic carbocycles. The largest absolute Gasteiger partial charge is 0.268 e. The van der Waals surface area contributed by atoms with Crippen LogP contribution in [0, 0.1) is 27.7 Å². The molecule has 0 spiro atoms. The van der Waals surface area contributed by atoms with Gasteiger partial charge in [-0.1, -0.05) is 11.6 Å². The van der Waals surface area contributed by atoms with Gasteiger partial charge in [0.15, 0.2) is 11.5 Å². The van der Waals surface area contributed by atoms with Crippen LogP contribution in [0.25, 0.3) is 15.9 Å². The zero-order valence-corrected chi connectivity index (χ0v) is 15.5. The summed E-state index contributed by atoms with van der Waals surface area (Å²) in [5.41, 5.74) is 3.94. The Kier molecular flexibility index (Phi) is 3.58. The lowest BCUT2D eigenvalue weighted by Crippen LogP contribution is -2.06. The van der Waals surface area contributed by atoms with E-state index in [0.717, 1.165) is 38.1 Å². The molecule has 0 aliphatic carbocycles. The quantitative estimate of drug-likeness (QED) is 0.559. The maximum Gasteiger partial charge on any atom is 0.167 e. The number of aromatic nitrogens is 6. The third kappa shape index (κ3) is 2.31. The van der Waals surface area contributed by atoms with Gasteiger partial charge in [-0.05, 0) is 33.3 Å². The molecule has 24 heavy (non-hydrogen) atoms. The van der Waals surface area contributed by atoms with E-state index in [9.17, 15) is 0 Å². The van der Waals surface area contributed by atoms with Crippen molar-refractivity contribution < 1.29 is 0 Å². The van der Waals surface area contributed by atoms with Crippen molar-refractivity contribution in [3.05, 3.63) is 39.0 Å². The van der Waals surface area contributed by atoms with Crippen LogP contribution >= 0.6 is 22.9 Å². The monoisotopic (exact) mass is 360 g/mol. The molecule has 4 aromatic heterocycles. The Bertz CT molecular complexity index is 1070. The SMILES string of the molecule is Cc1nn(CCc2nc3c4c(C)c(C)sc4ncn3n2)c(C)c1Cl. The van der Waals surface area contributed by atoms with Crippen molar-refractivity contribution in [1.82, 2.24) is 29.4 Å². The first-order valence-electron chi connectivity index (χ1n) is 7.75. The molecular formula is C16H17ClN6S. The predicted molar refractivity (Wildman–Crippen MR) is 96.1 cm³/mol. The van der Waals surface area contributed by atoms with E-state index in [4.69, 9.17) is 16.6 Å². The van der Waals surface area contributed by atoms with E-state index in [1.165, 1.54) is 10.4 Å². The van der Waals surface area contributed by atoms with Gasteiger partial charge in [-0.25, -0.2) is 14.5 Å². The molecule has 0 atom stereocenters. The standard InChI is InChI=1S/C16H17ClN6S/c1-8-11(4)24-16-13(8)15-19-12(21-23(15)7-18-16)5-6-22-10(3)14(17)9(2)20-22/h7H,5-6H2,1-4H3.